The molecule has 49 heavy (non-hydrogen) atoms. The number of hydrogen-bond donors (Lipinski definition) is 0. The first-order chi connectivity index (χ1) is 23.1. The number of ether oxygens (including phenoxy) is 3. The van der Waals surface area contributed by atoms with Crippen LogP contribution in [0.4, 0.5) is 9.59 Å². The molecule has 2 saturated carbocycles. The molecule has 6 atom stereocenters. The van der Waals surface area contributed by atoms with Crippen LogP contribution >= 0.6 is 58.6 Å². The molecular weight excluding hydrogens is 724 g/mol. The highest BCUT2D eigenvalue weighted by Gasteiger charge is 2.50. The van der Waals surface area contributed by atoms with E-state index in [-0.39, 0.29) is 29.9 Å². The largest absolute Gasteiger partial charge is 0.470 e. The lowest BCUT2D eigenvalue weighted by atomic mass is 10.0. The Hall–Kier alpha value is -1.55. The minimum atomic E-state index is -0.474. The highest BCUT2D eigenvalue weighted by molar-refractivity contribution is 7.99. The molecule has 2 aliphatic carbocycles. The molecule has 6 rings (SSSR count). The molecule has 2 amide bonds. The van der Waals surface area contributed by atoms with Gasteiger partial charge in [0.1, 0.15) is 22.3 Å². The number of piperidine rings is 2. The van der Waals surface area contributed by atoms with Crippen molar-refractivity contribution in [1.82, 2.24) is 27.3 Å². The van der Waals surface area contributed by atoms with Crippen molar-refractivity contribution in [2.24, 2.45) is 17.8 Å². The SMILES string of the molecule is CCCSc1nsnc1Cl.CCCSc1nsnc1O[C@H]1C[C@H]2C[C@@H]1N(C(=O)OC(C)(C)C)C2.C[C@H]1C[C@H]2C[C@@H]1N(C(=O)OC(C)(C)C)C2. The Labute approximate surface area is 314 Å². The average Bonchev–Trinajstić information content (AvgIpc) is 3.86. The van der Waals surface area contributed by atoms with Gasteiger partial charge in [0.15, 0.2) is 10.2 Å². The molecule has 4 aliphatic rings. The summed E-state index contributed by atoms with van der Waals surface area (Å²) in [5.41, 5.74) is -0.847. The van der Waals surface area contributed by atoms with Gasteiger partial charge in [-0.1, -0.05) is 44.1 Å². The van der Waals surface area contributed by atoms with E-state index in [0.29, 0.717) is 28.9 Å². The number of fused-ring (bicyclic) bond motifs is 4. The van der Waals surface area contributed by atoms with E-state index in [2.05, 4.69) is 38.3 Å². The minimum Gasteiger partial charge on any atom is -0.470 e. The van der Waals surface area contributed by atoms with Gasteiger partial charge in [-0.2, -0.15) is 13.1 Å². The van der Waals surface area contributed by atoms with Crippen molar-refractivity contribution in [1.29, 1.82) is 0 Å². The molecule has 16 heteroatoms. The Morgan fingerprint density at radius 2 is 1.29 bits per heavy atom. The molecular formula is C33H53ClN6O5S4. The second kappa shape index (κ2) is 17.8. The second-order valence-corrected chi connectivity index (χ2v) is 18.7. The molecule has 4 heterocycles. The van der Waals surface area contributed by atoms with Gasteiger partial charge in [0.05, 0.1) is 29.5 Å². The van der Waals surface area contributed by atoms with Gasteiger partial charge in [-0.25, -0.2) is 9.59 Å². The second-order valence-electron chi connectivity index (χ2n) is 15.1. The molecule has 0 radical (unpaired) electrons. The third-order valence-corrected chi connectivity index (χ3v) is 12.5. The van der Waals surface area contributed by atoms with E-state index in [1.54, 1.807) is 23.5 Å². The highest BCUT2D eigenvalue weighted by Crippen LogP contribution is 2.43. The van der Waals surface area contributed by atoms with Crippen molar-refractivity contribution in [3.63, 3.8) is 0 Å². The zero-order chi connectivity index (χ0) is 35.9. The molecule has 0 N–H and O–H groups in total. The predicted molar refractivity (Wildman–Crippen MR) is 199 cm³/mol. The molecule has 4 fully saturated rings. The summed E-state index contributed by atoms with van der Waals surface area (Å²) in [7, 11) is 0. The number of hydrogen-bond acceptors (Lipinski definition) is 13. The Kier molecular flexibility index (Phi) is 14.6. The van der Waals surface area contributed by atoms with Crippen LogP contribution in [-0.4, -0.2) is 93.5 Å². The average molecular weight is 778 g/mol. The maximum atomic E-state index is 12.4. The number of carbonyl (C=O) groups excluding carboxylic acids is 2. The lowest BCUT2D eigenvalue weighted by molar-refractivity contribution is 0.00177. The first-order valence-corrected chi connectivity index (χ1v) is 21.1. The number of likely N-dealkylation sites (tertiary alicyclic amines) is 2. The standard InChI is InChI=1S/C16H25N3O3S2.C12H21NO2.C5H7ClN2S2/c1-5-6-23-14-13(17-24-18-14)21-12-8-10-7-11(12)19(9-10)15(20)22-16(2,3)4;1-8-5-9-6-10(8)13(7-9)11(14)15-12(2,3)4;1-2-3-9-5-4(6)7-10-8-5/h10-12H,5-9H2,1-4H3;8-10H,5-7H2,1-4H3;2-3H2,1H3/t10-,11+,12+;8-,9-,10-;/m10./s1. The van der Waals surface area contributed by atoms with E-state index in [1.165, 1.54) is 24.6 Å². The number of rotatable bonds is 8. The maximum Gasteiger partial charge on any atom is 0.410 e. The number of nitrogens with zero attached hydrogens (tertiary/aromatic N) is 6. The molecule has 0 aromatic carbocycles. The number of amides is 2. The van der Waals surface area contributed by atoms with Crippen molar-refractivity contribution in [2.75, 3.05) is 24.6 Å². The first kappa shape index (κ1) is 40.2. The van der Waals surface area contributed by atoms with Gasteiger partial charge in [-0.15, -0.1) is 16.1 Å². The zero-order valence-corrected chi connectivity index (χ0v) is 34.3. The van der Waals surface area contributed by atoms with E-state index in [9.17, 15) is 9.59 Å². The minimum absolute atomic E-state index is 0.0128. The Balaban J connectivity index is 0.000000184. The van der Waals surface area contributed by atoms with Crippen LogP contribution in [0.1, 0.15) is 101 Å². The van der Waals surface area contributed by atoms with E-state index >= 15 is 0 Å². The van der Waals surface area contributed by atoms with Gasteiger partial charge in [0, 0.05) is 19.1 Å². The summed E-state index contributed by atoms with van der Waals surface area (Å²) in [5, 5.41) is 2.28. The van der Waals surface area contributed by atoms with Gasteiger partial charge < -0.3 is 24.0 Å². The fraction of sp³-hybridized carbons (Fsp3) is 0.818. The molecule has 2 saturated heterocycles. The molecule has 0 unspecified atom stereocenters. The van der Waals surface area contributed by atoms with Crippen LogP contribution in [0.2, 0.25) is 5.15 Å². The number of halogens is 1. The maximum absolute atomic E-state index is 12.4. The summed E-state index contributed by atoms with van der Waals surface area (Å²) in [4.78, 5) is 28.1. The van der Waals surface area contributed by atoms with Crippen LogP contribution in [-0.2, 0) is 9.47 Å². The summed E-state index contributed by atoms with van der Waals surface area (Å²) in [6, 6.07) is 0.514. The first-order valence-electron chi connectivity index (χ1n) is 17.3. The summed E-state index contributed by atoms with van der Waals surface area (Å²) in [6.45, 7) is 19.6. The van der Waals surface area contributed by atoms with Crippen LogP contribution in [0.15, 0.2) is 10.1 Å². The van der Waals surface area contributed by atoms with E-state index < -0.39 is 5.60 Å². The third-order valence-electron chi connectivity index (χ3n) is 8.47. The predicted octanol–water partition coefficient (Wildman–Crippen LogP) is 9.16. The van der Waals surface area contributed by atoms with Gasteiger partial charge in [-0.3, -0.25) is 0 Å². The normalized spacial score (nSPS) is 25.4. The fourth-order valence-corrected chi connectivity index (χ4v) is 9.65. The molecule has 0 spiro atoms. The van der Waals surface area contributed by atoms with Gasteiger partial charge in [-0.05, 0) is 109 Å². The number of thioether (sulfide) groups is 2. The molecule has 11 nitrogen and oxygen atoms in total. The molecule has 2 aliphatic heterocycles. The van der Waals surface area contributed by atoms with Crippen LogP contribution in [0.3, 0.4) is 0 Å². The highest BCUT2D eigenvalue weighted by atomic mass is 35.5. The summed E-state index contributed by atoms with van der Waals surface area (Å²) in [6.07, 6.45) is 6.27. The Morgan fingerprint density at radius 1 is 0.776 bits per heavy atom. The van der Waals surface area contributed by atoms with Gasteiger partial charge in [0.25, 0.3) is 5.88 Å². The van der Waals surface area contributed by atoms with Crippen molar-refractivity contribution in [2.45, 2.75) is 140 Å². The number of carbonyl (C=O) groups is 2. The van der Waals surface area contributed by atoms with Gasteiger partial charge in [0.2, 0.25) is 0 Å². The Bertz CT molecular complexity index is 1370. The van der Waals surface area contributed by atoms with Crippen LogP contribution in [0.5, 0.6) is 5.88 Å². The summed E-state index contributed by atoms with van der Waals surface area (Å²) in [5.74, 6) is 4.55. The van der Waals surface area contributed by atoms with Crippen molar-refractivity contribution in [3.05, 3.63) is 5.15 Å². The van der Waals surface area contributed by atoms with Gasteiger partial charge >= 0.3 is 12.2 Å². The lowest BCUT2D eigenvalue weighted by Gasteiger charge is -2.34. The lowest BCUT2D eigenvalue weighted by Crippen LogP contribution is -2.48. The smallest absolute Gasteiger partial charge is 0.410 e. The quantitative estimate of drug-likeness (QED) is 0.239. The third kappa shape index (κ3) is 11.7. The monoisotopic (exact) mass is 776 g/mol. The summed E-state index contributed by atoms with van der Waals surface area (Å²) >= 11 is 11.4. The van der Waals surface area contributed by atoms with E-state index in [0.717, 1.165) is 78.0 Å². The van der Waals surface area contributed by atoms with Crippen molar-refractivity contribution < 1.29 is 23.8 Å². The summed E-state index contributed by atoms with van der Waals surface area (Å²) < 4.78 is 33.6. The van der Waals surface area contributed by atoms with Crippen molar-refractivity contribution in [3.8, 4) is 5.88 Å². The van der Waals surface area contributed by atoms with Crippen LogP contribution in [0.25, 0.3) is 0 Å². The Morgan fingerprint density at radius 3 is 1.78 bits per heavy atom. The van der Waals surface area contributed by atoms with Crippen LogP contribution in [0, 0.1) is 17.8 Å². The van der Waals surface area contributed by atoms with E-state index in [1.807, 2.05) is 51.3 Å². The molecule has 276 valence electrons. The fourth-order valence-electron chi connectivity index (χ4n) is 6.63. The number of aromatic nitrogens is 4. The van der Waals surface area contributed by atoms with Crippen LogP contribution < -0.4 is 4.74 Å². The topological polar surface area (TPSA) is 120 Å². The zero-order valence-electron chi connectivity index (χ0n) is 30.3. The van der Waals surface area contributed by atoms with Crippen molar-refractivity contribution >= 4 is 70.8 Å². The molecule has 2 aromatic heterocycles. The van der Waals surface area contributed by atoms with E-state index in [4.69, 9.17) is 25.8 Å². The molecule has 2 aromatic rings. The molecule has 4 bridgehead atoms.